The van der Waals surface area contributed by atoms with E-state index in [4.69, 9.17) is 5.21 Å². The molecule has 32 heavy (non-hydrogen) atoms. The topological polar surface area (TPSA) is 118 Å². The largest absolute Gasteiger partial charge is 0.328 e. The summed E-state index contributed by atoms with van der Waals surface area (Å²) < 4.78 is 25.0. The van der Waals surface area contributed by atoms with Gasteiger partial charge in [0.2, 0.25) is 0 Å². The molecule has 2 aromatic carbocycles. The number of rotatable bonds is 4. The van der Waals surface area contributed by atoms with E-state index in [1.54, 1.807) is 56.3 Å². The third-order valence-electron chi connectivity index (χ3n) is 5.68. The first-order valence-electron chi connectivity index (χ1n) is 10.1. The molecule has 0 saturated carbocycles. The minimum Gasteiger partial charge on any atom is -0.328 e. The Morgan fingerprint density at radius 3 is 2.47 bits per heavy atom. The first kappa shape index (κ1) is 21.9. The summed E-state index contributed by atoms with van der Waals surface area (Å²) in [5, 5.41) is 12.3. The zero-order valence-electron chi connectivity index (χ0n) is 17.6. The van der Waals surface area contributed by atoms with Crippen LogP contribution in [0.4, 0.5) is 4.79 Å². The average molecular weight is 454 g/mol. The average Bonchev–Trinajstić information content (AvgIpc) is 2.79. The molecule has 1 amide bonds. The number of benzene rings is 2. The quantitative estimate of drug-likeness (QED) is 0.525. The monoisotopic (exact) mass is 453 g/mol. The van der Waals surface area contributed by atoms with Crippen molar-refractivity contribution >= 4 is 33.0 Å². The number of fused-ring (bicyclic) bond motifs is 2. The van der Waals surface area contributed by atoms with Crippen LogP contribution in [0.25, 0.3) is 17.0 Å². The highest BCUT2D eigenvalue weighted by Crippen LogP contribution is 2.25. The van der Waals surface area contributed by atoms with E-state index >= 15 is 0 Å². The van der Waals surface area contributed by atoms with E-state index in [-0.39, 0.29) is 10.3 Å². The number of carbonyl (C=O) groups excluding carboxylic acids is 1. The van der Waals surface area contributed by atoms with Crippen molar-refractivity contribution in [2.75, 3.05) is 0 Å². The first-order valence-corrected chi connectivity index (χ1v) is 11.6. The molecule has 0 atom stereocenters. The molecule has 0 radical (unpaired) electrons. The number of para-hydroxylation sites is 1. The molecule has 8 nitrogen and oxygen atoms in total. The van der Waals surface area contributed by atoms with Crippen LogP contribution in [-0.4, -0.2) is 24.2 Å². The van der Waals surface area contributed by atoms with Crippen LogP contribution in [-0.2, 0) is 22.0 Å². The van der Waals surface area contributed by atoms with Gasteiger partial charge in [-0.2, -0.15) is 0 Å². The van der Waals surface area contributed by atoms with Gasteiger partial charge in [0.15, 0.2) is 5.43 Å². The van der Waals surface area contributed by atoms with Crippen LogP contribution in [0.3, 0.4) is 0 Å². The van der Waals surface area contributed by atoms with Crippen molar-refractivity contribution in [3.63, 3.8) is 0 Å². The Morgan fingerprint density at radius 2 is 1.78 bits per heavy atom. The maximum Gasteiger partial charge on any atom is 0.327 e. The zero-order chi connectivity index (χ0) is 23.1. The Kier molecular flexibility index (Phi) is 5.49. The van der Waals surface area contributed by atoms with E-state index < -0.39 is 21.6 Å². The maximum atomic E-state index is 13.5. The van der Waals surface area contributed by atoms with Gasteiger partial charge in [-0.05, 0) is 62.6 Å². The normalized spacial score (nSPS) is 13.7. The highest BCUT2D eigenvalue weighted by Gasteiger charge is 2.27. The molecule has 3 aromatic rings. The van der Waals surface area contributed by atoms with Crippen LogP contribution in [0.15, 0.2) is 64.3 Å². The lowest BCUT2D eigenvalue weighted by molar-refractivity contribution is 0.232. The fourth-order valence-electron chi connectivity index (χ4n) is 3.96. The Morgan fingerprint density at radius 1 is 1.09 bits per heavy atom. The summed E-state index contributed by atoms with van der Waals surface area (Å²) in [6.45, 7) is 3.59. The van der Waals surface area contributed by atoms with E-state index in [1.165, 1.54) is 21.6 Å². The Balaban J connectivity index is 1.75. The van der Waals surface area contributed by atoms with Crippen LogP contribution in [0.1, 0.15) is 37.1 Å². The molecule has 4 rings (SSSR count). The number of amides is 1. The molecule has 0 aliphatic heterocycles. The Labute approximate surface area is 185 Å². The van der Waals surface area contributed by atoms with E-state index in [0.717, 1.165) is 6.42 Å². The van der Waals surface area contributed by atoms with Crippen LogP contribution >= 0.6 is 0 Å². The first-order chi connectivity index (χ1) is 15.2. The SMILES string of the molecule is CC(C)(NC(=O)n1c2c(c(=O)c3ccccc31)CCC=C2)c1ccc(S(=O)(=O)NO)cc1. The van der Waals surface area contributed by atoms with Gasteiger partial charge in [0.05, 0.1) is 21.6 Å². The van der Waals surface area contributed by atoms with Crippen molar-refractivity contribution in [3.8, 4) is 0 Å². The minimum atomic E-state index is -3.99. The van der Waals surface area contributed by atoms with Crippen molar-refractivity contribution in [3.05, 3.63) is 81.7 Å². The molecule has 0 spiro atoms. The number of carbonyl (C=O) groups is 1. The number of hydrogen-bond donors (Lipinski definition) is 3. The van der Waals surface area contributed by atoms with Gasteiger partial charge in [0, 0.05) is 10.9 Å². The van der Waals surface area contributed by atoms with E-state index in [1.807, 2.05) is 6.08 Å². The van der Waals surface area contributed by atoms with Crippen molar-refractivity contribution in [1.29, 1.82) is 0 Å². The second-order valence-electron chi connectivity index (χ2n) is 8.16. The third-order valence-corrected chi connectivity index (χ3v) is 6.81. The maximum absolute atomic E-state index is 13.5. The number of pyridine rings is 1. The number of allylic oxidation sites excluding steroid dienone is 1. The molecular formula is C23H23N3O5S. The highest BCUT2D eigenvalue weighted by atomic mass is 32.2. The second kappa shape index (κ2) is 8.01. The zero-order valence-corrected chi connectivity index (χ0v) is 18.4. The molecular weight excluding hydrogens is 430 g/mol. The lowest BCUT2D eigenvalue weighted by atomic mass is 9.94. The van der Waals surface area contributed by atoms with E-state index in [2.05, 4.69) is 5.32 Å². The fourth-order valence-corrected chi connectivity index (χ4v) is 4.56. The van der Waals surface area contributed by atoms with E-state index in [0.29, 0.717) is 34.1 Å². The molecule has 166 valence electrons. The second-order valence-corrected chi connectivity index (χ2v) is 9.82. The van der Waals surface area contributed by atoms with Gasteiger partial charge in [0.1, 0.15) is 0 Å². The van der Waals surface area contributed by atoms with E-state index in [9.17, 15) is 18.0 Å². The van der Waals surface area contributed by atoms with Crippen molar-refractivity contribution < 1.29 is 18.4 Å². The smallest absolute Gasteiger partial charge is 0.327 e. The molecule has 0 unspecified atom stereocenters. The van der Waals surface area contributed by atoms with Crippen LogP contribution in [0.5, 0.6) is 0 Å². The van der Waals surface area contributed by atoms with Crippen molar-refractivity contribution in [2.45, 2.75) is 37.1 Å². The van der Waals surface area contributed by atoms with Gasteiger partial charge in [-0.15, -0.1) is 0 Å². The number of nitrogens with one attached hydrogen (secondary N) is 2. The highest BCUT2D eigenvalue weighted by molar-refractivity contribution is 7.89. The molecule has 1 aliphatic carbocycles. The van der Waals surface area contributed by atoms with Gasteiger partial charge >= 0.3 is 6.03 Å². The Hall–Kier alpha value is -3.27. The number of sulfonamides is 1. The van der Waals surface area contributed by atoms with Gasteiger partial charge in [-0.25, -0.2) is 13.2 Å². The lowest BCUT2D eigenvalue weighted by Gasteiger charge is -2.29. The van der Waals surface area contributed by atoms with Gasteiger partial charge in [-0.3, -0.25) is 9.36 Å². The summed E-state index contributed by atoms with van der Waals surface area (Å²) in [6, 6.07) is 12.5. The third kappa shape index (κ3) is 3.75. The summed E-state index contributed by atoms with van der Waals surface area (Å²) in [6.07, 6.45) is 5.06. The molecule has 1 aliphatic rings. The van der Waals surface area contributed by atoms with Crippen LogP contribution < -0.4 is 15.6 Å². The van der Waals surface area contributed by atoms with Gasteiger partial charge in [-0.1, -0.05) is 35.2 Å². The molecule has 1 heterocycles. The summed E-state index contributed by atoms with van der Waals surface area (Å²) in [5.41, 5.74) is 1.46. The number of hydrogen-bond acceptors (Lipinski definition) is 5. The minimum absolute atomic E-state index is 0.0578. The molecule has 0 bridgehead atoms. The van der Waals surface area contributed by atoms with Crippen LogP contribution in [0.2, 0.25) is 0 Å². The van der Waals surface area contributed by atoms with Gasteiger partial charge < -0.3 is 10.5 Å². The summed E-state index contributed by atoms with van der Waals surface area (Å²) in [5.74, 6) is 0. The standard InChI is InChI=1S/C23H23N3O5S/c1-23(2,15-11-13-16(14-12-15)32(30,31)25-29)24-22(28)26-19-9-5-3-7-17(19)21(27)18-8-4-6-10-20(18)26/h3,5-7,9-14,25,29H,4,8H2,1-2H3,(H,24,28). The molecule has 9 heteroatoms. The fraction of sp³-hybridized carbons (Fsp3) is 0.217. The Bertz CT molecular complexity index is 1400. The summed E-state index contributed by atoms with van der Waals surface area (Å²) in [4.78, 5) is 27.6. The van der Waals surface area contributed by atoms with Gasteiger partial charge in [0.25, 0.3) is 10.0 Å². The molecule has 3 N–H and O–H groups in total. The molecule has 0 fully saturated rings. The van der Waals surface area contributed by atoms with Crippen molar-refractivity contribution in [2.24, 2.45) is 0 Å². The predicted molar refractivity (Wildman–Crippen MR) is 121 cm³/mol. The molecule has 0 saturated heterocycles. The van der Waals surface area contributed by atoms with Crippen molar-refractivity contribution in [1.82, 2.24) is 14.8 Å². The molecule has 1 aromatic heterocycles. The summed E-state index contributed by atoms with van der Waals surface area (Å²) in [7, 11) is -3.99. The lowest BCUT2D eigenvalue weighted by Crippen LogP contribution is -2.44. The number of nitrogens with zero attached hydrogens (tertiary/aromatic N) is 1. The predicted octanol–water partition coefficient (Wildman–Crippen LogP) is 3.12. The van der Waals surface area contributed by atoms with Crippen LogP contribution in [0, 0.1) is 0 Å². The summed E-state index contributed by atoms with van der Waals surface area (Å²) >= 11 is 0. The number of aromatic nitrogens is 1.